The van der Waals surface area contributed by atoms with Crippen LogP contribution in [0.3, 0.4) is 0 Å². The van der Waals surface area contributed by atoms with Crippen molar-refractivity contribution in [2.24, 2.45) is 0 Å². The number of hydrogen-bond acceptors (Lipinski definition) is 12. The van der Waals surface area contributed by atoms with Crippen molar-refractivity contribution in [1.82, 2.24) is 9.80 Å². The molecule has 0 atom stereocenters. The zero-order valence-corrected chi connectivity index (χ0v) is 86.9. The van der Waals surface area contributed by atoms with Gasteiger partial charge < -0.3 is 49.6 Å². The molecule has 8 aliphatic rings. The summed E-state index contributed by atoms with van der Waals surface area (Å²) in [5.41, 5.74) is 22.6. The van der Waals surface area contributed by atoms with Crippen molar-refractivity contribution in [3.63, 3.8) is 0 Å². The van der Waals surface area contributed by atoms with E-state index in [1.165, 1.54) is 103 Å². The largest absolute Gasteiger partial charge is 0.444 e. The maximum atomic E-state index is 12.7. The molecular weight excluding hydrogens is 1600 g/mol. The molecule has 6 aromatic rings. The number of likely N-dealkylation sites (tertiary alicyclic amines) is 2. The van der Waals surface area contributed by atoms with Crippen molar-refractivity contribution in [3.05, 3.63) is 176 Å². The summed E-state index contributed by atoms with van der Waals surface area (Å²) in [6.45, 7) is 82.1. The van der Waals surface area contributed by atoms with Crippen LogP contribution in [0, 0.1) is 0 Å². The lowest BCUT2D eigenvalue weighted by atomic mass is 9.67. The molecular formula is C112H170N8O9. The molecule has 2 spiro atoms. The average Bonchev–Trinajstić information content (AvgIpc) is 0.739. The first-order valence-corrected chi connectivity index (χ1v) is 48.4. The molecule has 0 aliphatic carbocycles. The summed E-state index contributed by atoms with van der Waals surface area (Å²) in [7, 11) is 0. The zero-order valence-electron chi connectivity index (χ0n) is 86.9. The van der Waals surface area contributed by atoms with E-state index in [1.54, 1.807) is 16.7 Å². The number of nitrogens with one attached hydrogen (secondary N) is 3. The molecule has 2 saturated heterocycles. The molecule has 0 bridgehead atoms. The minimum absolute atomic E-state index is 0.0240. The summed E-state index contributed by atoms with van der Waals surface area (Å²) in [4.78, 5) is 71.5. The molecule has 6 aromatic carbocycles. The highest BCUT2D eigenvalue weighted by molar-refractivity contribution is 5.94. The molecule has 14 rings (SSSR count). The topological polar surface area (TPSA) is 175 Å². The Kier molecular flexibility index (Phi) is 31.6. The fourth-order valence-corrected chi connectivity index (χ4v) is 18.5. The van der Waals surface area contributed by atoms with Gasteiger partial charge in [0.25, 0.3) is 0 Å². The molecule has 2 fully saturated rings. The van der Waals surface area contributed by atoms with E-state index in [9.17, 15) is 24.0 Å². The Morgan fingerprint density at radius 2 is 0.597 bits per heavy atom. The highest BCUT2D eigenvalue weighted by Gasteiger charge is 2.46. The standard InChI is InChI=1S/C24H36N2O3.C22H34N2O2.C20H31NO2.C18H27NO2.C15H23N.C13H19N/c1-17(27)26-15-12-24(19-9-8-18(16-20(19)26)22(2,3)4)10-13-25(14-11-24)21(28)29-23(5,6)7;1-20(2,3)16-7-8-17-18(15-16)23-12-9-22(17)10-13-24(14-11-22)19(25)26-21(4,5)6;1-18(2,3)14-9-10-15-16(13-14)21(12-11-20(15,7)8)17(22)23-19(4,5)6;1-17(2,3)14-10-9-13-8-7-11-19(15(13)12-14)16(20)21-18(4,5)6;1-14(2,3)11-6-7-12-13(10-11)16-9-8-15(12,4)5;1-13(2,3)11-7-6-10-5-4-8-14-12(10)9-11/h8-9,16H,10-15H2,1-7H3;7-8,15,23H,9-14H2,1-6H3;9-10,13H,11-12H2,1-8H3;9-10,12H,7-8,11H2,1-6H3;6-7,10,16H,8-9H2,1-5H3;6-7,9,14H,4-5,8H2,1-3H3. The van der Waals surface area contributed by atoms with Crippen LogP contribution in [0.4, 0.5) is 53.3 Å². The smallest absolute Gasteiger partial charge is 0.414 e. The molecule has 0 saturated carbocycles. The van der Waals surface area contributed by atoms with Gasteiger partial charge in [-0.05, 0) is 307 Å². The first kappa shape index (κ1) is 104. The number of anilines is 6. The van der Waals surface area contributed by atoms with Crippen LogP contribution >= 0.6 is 0 Å². The van der Waals surface area contributed by atoms with E-state index in [0.29, 0.717) is 25.0 Å². The summed E-state index contributed by atoms with van der Waals surface area (Å²) in [5.74, 6) is 0.0957. The third-order valence-corrected chi connectivity index (χ3v) is 26.8. The highest BCUT2D eigenvalue weighted by Crippen LogP contribution is 2.51. The molecule has 5 amide bonds. The zero-order chi connectivity index (χ0) is 96.4. The number of carbonyl (C=O) groups is 5. The number of carbonyl (C=O) groups excluding carboxylic acids is 5. The highest BCUT2D eigenvalue weighted by atomic mass is 16.6. The first-order valence-electron chi connectivity index (χ1n) is 48.4. The van der Waals surface area contributed by atoms with Gasteiger partial charge in [0.15, 0.2) is 0 Å². The summed E-state index contributed by atoms with van der Waals surface area (Å²) in [6.07, 6.45) is 11.7. The van der Waals surface area contributed by atoms with Crippen LogP contribution in [-0.4, -0.2) is 128 Å². The maximum Gasteiger partial charge on any atom is 0.414 e. The Labute approximate surface area is 780 Å². The Bertz CT molecular complexity index is 4900. The molecule has 3 N–H and O–H groups in total. The molecule has 0 unspecified atom stereocenters. The van der Waals surface area contributed by atoms with E-state index in [2.05, 4.69) is 277 Å². The van der Waals surface area contributed by atoms with E-state index in [-0.39, 0.29) is 79.0 Å². The van der Waals surface area contributed by atoms with Crippen molar-refractivity contribution in [2.45, 2.75) is 396 Å². The van der Waals surface area contributed by atoms with E-state index < -0.39 is 22.4 Å². The second-order valence-electron chi connectivity index (χ2n) is 49.4. The number of hydrogen-bond donors (Lipinski definition) is 3. The molecule has 712 valence electrons. The van der Waals surface area contributed by atoms with Gasteiger partial charge >= 0.3 is 24.4 Å². The van der Waals surface area contributed by atoms with Gasteiger partial charge in [0, 0.05) is 106 Å². The molecule has 8 aliphatic heterocycles. The van der Waals surface area contributed by atoms with Crippen molar-refractivity contribution in [3.8, 4) is 0 Å². The van der Waals surface area contributed by atoms with Crippen LogP contribution in [0.1, 0.15) is 373 Å². The molecule has 129 heavy (non-hydrogen) atoms. The number of rotatable bonds is 0. The van der Waals surface area contributed by atoms with E-state index in [4.69, 9.17) is 18.9 Å². The monoisotopic (exact) mass is 1770 g/mol. The van der Waals surface area contributed by atoms with Gasteiger partial charge in [-0.25, -0.2) is 19.2 Å². The number of ether oxygens (including phenoxy) is 4. The summed E-state index contributed by atoms with van der Waals surface area (Å²) in [5, 5.41) is 10.6. The lowest BCUT2D eigenvalue weighted by Gasteiger charge is -2.48. The lowest BCUT2D eigenvalue weighted by Crippen LogP contribution is -2.50. The maximum absolute atomic E-state index is 12.7. The second-order valence-corrected chi connectivity index (χ2v) is 49.4. The number of amides is 5. The number of aryl methyl sites for hydroxylation is 2. The van der Waals surface area contributed by atoms with E-state index >= 15 is 0 Å². The van der Waals surface area contributed by atoms with Crippen LogP contribution in [0.5, 0.6) is 0 Å². The van der Waals surface area contributed by atoms with Crippen molar-refractivity contribution < 1.29 is 42.9 Å². The van der Waals surface area contributed by atoms with Crippen LogP contribution in [0.2, 0.25) is 0 Å². The van der Waals surface area contributed by atoms with Crippen LogP contribution in [0.15, 0.2) is 109 Å². The normalized spacial score (nSPS) is 18.0. The Hall–Kier alpha value is -8.73. The second kappa shape index (κ2) is 39.2. The van der Waals surface area contributed by atoms with Crippen LogP contribution in [-0.2, 0) is 90.7 Å². The summed E-state index contributed by atoms with van der Waals surface area (Å²) in [6, 6.07) is 40.4. The predicted octanol–water partition coefficient (Wildman–Crippen LogP) is 27.6. The van der Waals surface area contributed by atoms with Gasteiger partial charge in [-0.1, -0.05) is 225 Å². The van der Waals surface area contributed by atoms with Crippen molar-refractivity contribution >= 4 is 64.4 Å². The molecule has 0 aromatic heterocycles. The van der Waals surface area contributed by atoms with Gasteiger partial charge in [-0.2, -0.15) is 0 Å². The van der Waals surface area contributed by atoms with E-state index in [1.807, 2.05) is 97.8 Å². The number of piperidine rings is 2. The first-order chi connectivity index (χ1) is 59.1. The summed E-state index contributed by atoms with van der Waals surface area (Å²) >= 11 is 0. The Balaban J connectivity index is 0.000000177. The quantitative estimate of drug-likeness (QED) is 0.123. The van der Waals surface area contributed by atoms with Gasteiger partial charge in [-0.15, -0.1) is 0 Å². The van der Waals surface area contributed by atoms with Gasteiger partial charge in [-0.3, -0.25) is 14.6 Å². The molecule has 17 heteroatoms. The molecule has 8 heterocycles. The molecule has 17 nitrogen and oxygen atoms in total. The van der Waals surface area contributed by atoms with E-state index in [0.717, 1.165) is 121 Å². The van der Waals surface area contributed by atoms with Crippen LogP contribution in [0.25, 0.3) is 0 Å². The number of fused-ring (bicyclic) bond motifs is 8. The fraction of sp³-hybridized carbons (Fsp3) is 0.634. The van der Waals surface area contributed by atoms with Crippen LogP contribution < -0.4 is 30.7 Å². The third-order valence-electron chi connectivity index (χ3n) is 26.8. The predicted molar refractivity (Wildman–Crippen MR) is 540 cm³/mol. The lowest BCUT2D eigenvalue weighted by molar-refractivity contribution is -0.116. The van der Waals surface area contributed by atoms with Crippen molar-refractivity contribution in [2.75, 3.05) is 96.1 Å². The van der Waals surface area contributed by atoms with Gasteiger partial charge in [0.2, 0.25) is 5.91 Å². The molecule has 0 radical (unpaired) electrons. The number of nitrogens with zero attached hydrogens (tertiary/aromatic N) is 5. The fourth-order valence-electron chi connectivity index (χ4n) is 18.5. The van der Waals surface area contributed by atoms with Crippen molar-refractivity contribution in [1.29, 1.82) is 0 Å². The Morgan fingerprint density at radius 3 is 1.03 bits per heavy atom. The number of benzene rings is 6. The minimum atomic E-state index is -0.480. The van der Waals surface area contributed by atoms with Gasteiger partial charge in [0.05, 0.1) is 11.4 Å². The average molecular weight is 1770 g/mol. The van der Waals surface area contributed by atoms with Gasteiger partial charge in [0.1, 0.15) is 22.4 Å². The Morgan fingerprint density at radius 1 is 0.287 bits per heavy atom. The SMILES string of the molecule is CC(=O)N1CCC2(CCN(C(=O)OC(C)(C)C)CC2)c2ccc(C(C)(C)C)cc21.CC(C)(C)OC(=O)N1CCC(C)(C)c2ccc(C(C)(C)C)cc21.CC(C)(C)OC(=O)N1CCC2(CCNc3cc(C(C)(C)C)ccc32)CC1.CC(C)(C)OC(=O)N1CCCc2ccc(C(C)(C)C)cc21.CC(C)(C)c1ccc2c(c1)NCCC2.CC(C)(C)c1ccc2c(c1)NCCC2(C)C. The summed E-state index contributed by atoms with van der Waals surface area (Å²) < 4.78 is 22.3. The third kappa shape index (κ3) is 27.5. The minimum Gasteiger partial charge on any atom is -0.444 e.